The van der Waals surface area contributed by atoms with E-state index >= 15 is 0 Å². The van der Waals surface area contributed by atoms with Crippen LogP contribution in [0.1, 0.15) is 5.56 Å². The highest BCUT2D eigenvalue weighted by atomic mass is 16.5. The highest BCUT2D eigenvalue weighted by molar-refractivity contribution is 6.03. The van der Waals surface area contributed by atoms with E-state index < -0.39 is 5.91 Å². The molecule has 25 heavy (non-hydrogen) atoms. The van der Waals surface area contributed by atoms with Crippen molar-refractivity contribution in [3.8, 4) is 18.1 Å². The van der Waals surface area contributed by atoms with E-state index in [9.17, 15) is 9.59 Å². The molecule has 0 unspecified atom stereocenters. The number of ether oxygens (including phenoxy) is 1. The summed E-state index contributed by atoms with van der Waals surface area (Å²) in [6, 6.07) is 7.73. The number of amides is 2. The lowest BCUT2D eigenvalue weighted by Gasteiger charge is -2.17. The van der Waals surface area contributed by atoms with Gasteiger partial charge in [0, 0.05) is 13.2 Å². The molecule has 0 bridgehead atoms. The van der Waals surface area contributed by atoms with E-state index in [0.717, 1.165) is 11.3 Å². The van der Waals surface area contributed by atoms with Crippen molar-refractivity contribution in [2.24, 2.45) is 0 Å². The molecule has 1 heterocycles. The van der Waals surface area contributed by atoms with Crippen molar-refractivity contribution < 1.29 is 14.3 Å². The van der Waals surface area contributed by atoms with Crippen LogP contribution in [-0.4, -0.2) is 46.7 Å². The Morgan fingerprint density at radius 1 is 1.36 bits per heavy atom. The first kappa shape index (κ1) is 18.1. The second-order valence-electron chi connectivity index (χ2n) is 5.50. The molecule has 0 saturated heterocycles. The van der Waals surface area contributed by atoms with Gasteiger partial charge in [-0.1, -0.05) is 17.7 Å². The van der Waals surface area contributed by atoms with E-state index in [4.69, 9.17) is 11.2 Å². The zero-order valence-corrected chi connectivity index (χ0v) is 14.2. The van der Waals surface area contributed by atoms with Gasteiger partial charge in [-0.05, 0) is 25.0 Å². The maximum absolute atomic E-state index is 12.2. The van der Waals surface area contributed by atoms with Crippen molar-refractivity contribution in [1.82, 2.24) is 14.7 Å². The molecule has 0 saturated carbocycles. The summed E-state index contributed by atoms with van der Waals surface area (Å²) >= 11 is 0. The molecule has 1 aromatic heterocycles. The smallest absolute Gasteiger partial charge is 0.300 e. The molecule has 130 valence electrons. The Hall–Kier alpha value is -3.27. The van der Waals surface area contributed by atoms with Gasteiger partial charge in [-0.15, -0.1) is 6.42 Å². The minimum atomic E-state index is -0.559. The van der Waals surface area contributed by atoms with Gasteiger partial charge in [0.05, 0.1) is 18.4 Å². The highest BCUT2D eigenvalue weighted by Crippen LogP contribution is 2.11. The number of anilines is 1. The quantitative estimate of drug-likeness (QED) is 0.771. The number of nitrogens with one attached hydrogen (secondary N) is 1. The number of rotatable bonds is 7. The third-order valence-electron chi connectivity index (χ3n) is 3.46. The topological polar surface area (TPSA) is 76.5 Å². The van der Waals surface area contributed by atoms with Gasteiger partial charge >= 0.3 is 0 Å². The second-order valence-corrected chi connectivity index (χ2v) is 5.50. The maximum atomic E-state index is 12.2. The van der Waals surface area contributed by atoms with Crippen molar-refractivity contribution >= 4 is 17.5 Å². The predicted octanol–water partition coefficient (Wildman–Crippen LogP) is 1.30. The minimum absolute atomic E-state index is 0.0625. The predicted molar refractivity (Wildman–Crippen MR) is 94.0 cm³/mol. The summed E-state index contributed by atoms with van der Waals surface area (Å²) in [6.45, 7) is 2.92. The molecule has 0 aliphatic carbocycles. The number of hydrogen-bond acceptors (Lipinski definition) is 4. The summed E-state index contributed by atoms with van der Waals surface area (Å²) in [4.78, 5) is 24.8. The standard InChI is InChI=1S/C18H20N4O3/c1-4-17(23)20-15-11-19-22(12-15)13-18(24)21(3)9-10-25-16-7-5-14(2)6-8-16/h1,5-8,11-12H,9-10,13H2,2-3H3,(H,20,23). The van der Waals surface area contributed by atoms with Crippen molar-refractivity contribution in [3.63, 3.8) is 0 Å². The van der Waals surface area contributed by atoms with Gasteiger partial charge in [-0.25, -0.2) is 0 Å². The maximum Gasteiger partial charge on any atom is 0.300 e. The summed E-state index contributed by atoms with van der Waals surface area (Å²) < 4.78 is 7.05. The zero-order chi connectivity index (χ0) is 18.2. The van der Waals surface area contributed by atoms with Gasteiger partial charge in [0.2, 0.25) is 5.91 Å². The lowest BCUT2D eigenvalue weighted by molar-refractivity contribution is -0.131. The van der Waals surface area contributed by atoms with Gasteiger partial charge < -0.3 is 15.0 Å². The fourth-order valence-electron chi connectivity index (χ4n) is 2.00. The monoisotopic (exact) mass is 340 g/mol. The lowest BCUT2D eigenvalue weighted by atomic mass is 10.2. The number of aryl methyl sites for hydroxylation is 1. The minimum Gasteiger partial charge on any atom is -0.492 e. The van der Waals surface area contributed by atoms with E-state index in [2.05, 4.69) is 10.4 Å². The van der Waals surface area contributed by atoms with Gasteiger partial charge in [-0.2, -0.15) is 5.10 Å². The fraction of sp³-hybridized carbons (Fsp3) is 0.278. The molecular weight excluding hydrogens is 320 g/mol. The molecule has 7 heteroatoms. The van der Waals surface area contributed by atoms with Crippen LogP contribution in [0.3, 0.4) is 0 Å². The van der Waals surface area contributed by atoms with E-state index in [1.54, 1.807) is 18.1 Å². The van der Waals surface area contributed by atoms with Crippen molar-refractivity contribution in [2.45, 2.75) is 13.5 Å². The molecule has 7 nitrogen and oxygen atoms in total. The molecule has 2 amide bonds. The summed E-state index contributed by atoms with van der Waals surface area (Å²) in [5, 5.41) is 6.48. The molecule has 0 aliphatic rings. The third-order valence-corrected chi connectivity index (χ3v) is 3.46. The van der Waals surface area contributed by atoms with Crippen LogP contribution >= 0.6 is 0 Å². The highest BCUT2D eigenvalue weighted by Gasteiger charge is 2.11. The average molecular weight is 340 g/mol. The molecule has 0 fully saturated rings. The fourth-order valence-corrected chi connectivity index (χ4v) is 2.00. The van der Waals surface area contributed by atoms with Crippen LogP contribution in [0.5, 0.6) is 5.75 Å². The van der Waals surface area contributed by atoms with Gasteiger partial charge in [-0.3, -0.25) is 14.3 Å². The van der Waals surface area contributed by atoms with Gasteiger partial charge in [0.25, 0.3) is 5.91 Å². The van der Waals surface area contributed by atoms with Gasteiger partial charge in [0.1, 0.15) is 18.9 Å². The second kappa shape index (κ2) is 8.55. The Bertz CT molecular complexity index is 774. The number of aromatic nitrogens is 2. The van der Waals surface area contributed by atoms with Crippen molar-refractivity contribution in [3.05, 3.63) is 42.2 Å². The normalized spacial score (nSPS) is 9.96. The van der Waals surface area contributed by atoms with E-state index in [1.807, 2.05) is 37.1 Å². The van der Waals surface area contributed by atoms with Crippen LogP contribution in [0.4, 0.5) is 5.69 Å². The Kier molecular flexibility index (Phi) is 6.18. The summed E-state index contributed by atoms with van der Waals surface area (Å²) in [7, 11) is 1.70. The molecule has 2 rings (SSSR count). The largest absolute Gasteiger partial charge is 0.492 e. The molecule has 0 atom stereocenters. The van der Waals surface area contributed by atoms with Gasteiger partial charge in [0.15, 0.2) is 0 Å². The van der Waals surface area contributed by atoms with E-state index in [1.165, 1.54) is 10.9 Å². The van der Waals surface area contributed by atoms with Crippen LogP contribution in [0, 0.1) is 19.3 Å². The molecule has 0 spiro atoms. The first-order valence-corrected chi connectivity index (χ1v) is 7.71. The van der Waals surface area contributed by atoms with E-state index in [-0.39, 0.29) is 12.5 Å². The molecule has 0 radical (unpaired) electrons. The molecule has 0 aliphatic heterocycles. The molecule has 1 N–H and O–H groups in total. The summed E-state index contributed by atoms with van der Waals surface area (Å²) in [5.41, 5.74) is 1.61. The summed E-state index contributed by atoms with van der Waals surface area (Å²) in [5.74, 6) is 2.04. The number of carbonyl (C=O) groups excluding carboxylic acids is 2. The molecule has 2 aromatic rings. The Balaban J connectivity index is 1.77. The average Bonchev–Trinajstić information content (AvgIpc) is 3.03. The lowest BCUT2D eigenvalue weighted by Crippen LogP contribution is -2.33. The van der Waals surface area contributed by atoms with Crippen molar-refractivity contribution in [2.75, 3.05) is 25.5 Å². The summed E-state index contributed by atoms with van der Waals surface area (Å²) in [6.07, 6.45) is 7.96. The Labute approximate surface area is 146 Å². The van der Waals surface area contributed by atoms with E-state index in [0.29, 0.717) is 18.8 Å². The number of carbonyl (C=O) groups is 2. The van der Waals surface area contributed by atoms with Crippen LogP contribution < -0.4 is 10.1 Å². The number of likely N-dealkylation sites (N-methyl/N-ethyl adjacent to an activating group) is 1. The van der Waals surface area contributed by atoms with Crippen LogP contribution in [0.25, 0.3) is 0 Å². The Morgan fingerprint density at radius 3 is 2.76 bits per heavy atom. The number of benzene rings is 1. The van der Waals surface area contributed by atoms with Crippen LogP contribution in [0.2, 0.25) is 0 Å². The van der Waals surface area contributed by atoms with Crippen LogP contribution in [0.15, 0.2) is 36.7 Å². The SMILES string of the molecule is C#CC(=O)Nc1cnn(CC(=O)N(C)CCOc2ccc(C)cc2)c1. The first-order chi connectivity index (χ1) is 12.0. The first-order valence-electron chi connectivity index (χ1n) is 7.71. The number of terminal acetylenes is 1. The number of nitrogens with zero attached hydrogens (tertiary/aromatic N) is 3. The van der Waals surface area contributed by atoms with Crippen LogP contribution in [-0.2, 0) is 16.1 Å². The number of hydrogen-bond donors (Lipinski definition) is 1. The third kappa shape index (κ3) is 5.70. The van der Waals surface area contributed by atoms with Crippen molar-refractivity contribution in [1.29, 1.82) is 0 Å². The Morgan fingerprint density at radius 2 is 2.08 bits per heavy atom. The molecule has 1 aromatic carbocycles. The zero-order valence-electron chi connectivity index (χ0n) is 14.2. The molecular formula is C18H20N4O3.